The van der Waals surface area contributed by atoms with Crippen LogP contribution < -0.4 is 29.1 Å². The van der Waals surface area contributed by atoms with Crippen molar-refractivity contribution in [3.05, 3.63) is 303 Å². The Balaban J connectivity index is 0.000000127. The van der Waals surface area contributed by atoms with Crippen molar-refractivity contribution in [1.82, 2.24) is 119 Å². The van der Waals surface area contributed by atoms with Crippen LogP contribution >= 0.6 is 0 Å². The monoisotopic (exact) mass is 1850 g/mol. The smallest absolute Gasteiger partial charge is 0.244 e. The SMILES string of the molecule is COCc1cccc(-c2nc(-c3ccccc3)n(CC(=O)N3CCN(c4ncccn4)CC3)n2)c1.COc1cc(OC)cc(-c2nc(-c3ccccc3)n(CC(=O)N3CCN(c4ncccn4)CC3)n2)c1.N#Cc1cccc(-c2nc(-c3ccccc3)n(CC(=O)N3CCN(c4ncccn4)CC3)n2)c1.O=C(Cn1nc(-c2cccc(F)c2)nc1-c1ccccc1)N1CCN(c2ncccn2)CC1. The predicted octanol–water partition coefficient (Wildman–Crippen LogP) is 11.2. The number of ether oxygens (including phenoxy) is 3. The first-order chi connectivity index (χ1) is 67.7. The van der Waals surface area contributed by atoms with E-state index in [1.165, 1.54) is 12.1 Å². The third-order valence-electron chi connectivity index (χ3n) is 23.3. The van der Waals surface area contributed by atoms with Crippen LogP contribution in [0.3, 0.4) is 0 Å². The molecule has 4 saturated heterocycles. The highest BCUT2D eigenvalue weighted by atomic mass is 19.1. The van der Waals surface area contributed by atoms with E-state index in [1.807, 2.05) is 183 Å². The Morgan fingerprint density at radius 1 is 0.304 bits per heavy atom. The molecule has 20 rings (SSSR count). The van der Waals surface area contributed by atoms with E-state index in [2.05, 4.69) is 80.7 Å². The third-order valence-corrected chi connectivity index (χ3v) is 23.3. The lowest BCUT2D eigenvalue weighted by molar-refractivity contribution is -0.133. The molecule has 8 aromatic carbocycles. The van der Waals surface area contributed by atoms with Gasteiger partial charge in [0.2, 0.25) is 47.4 Å². The van der Waals surface area contributed by atoms with Crippen molar-refractivity contribution in [3.63, 3.8) is 0 Å². The fourth-order valence-corrected chi connectivity index (χ4v) is 16.1. The molecular weight excluding hydrogens is 1750 g/mol. The zero-order valence-corrected chi connectivity index (χ0v) is 76.2. The number of halogens is 1. The summed E-state index contributed by atoms with van der Waals surface area (Å²) in [7, 11) is 4.87. The van der Waals surface area contributed by atoms with Gasteiger partial charge in [0.25, 0.3) is 0 Å². The molecule has 36 nitrogen and oxygen atoms in total. The van der Waals surface area contributed by atoms with Crippen molar-refractivity contribution in [2.75, 3.05) is 146 Å². The topological polar surface area (TPSA) is 372 Å². The van der Waals surface area contributed by atoms with Crippen LogP contribution in [0.1, 0.15) is 11.1 Å². The van der Waals surface area contributed by atoms with Gasteiger partial charge in [-0.2, -0.15) is 5.26 Å². The van der Waals surface area contributed by atoms with Crippen LogP contribution in [0.5, 0.6) is 11.5 Å². The van der Waals surface area contributed by atoms with Crippen molar-refractivity contribution < 1.29 is 37.8 Å². The standard InChI is InChI=1S/C26H27N7O3.C26H27N7O2.C25H22N8O.C24H22FN7O/c1-35-21-15-20(16-22(17-21)36-2)24-29-25(19-7-4-3-5-8-19)33(30-24)18-23(34)31-11-13-32(14-12-31)26-27-9-6-10-28-26;1-35-19-20-7-5-10-22(17-20)24-29-25(21-8-3-2-4-9-21)33(30-24)18-23(34)31-13-15-32(16-14-31)26-27-11-6-12-28-26;26-17-19-6-4-9-21(16-19)23-29-24(20-7-2-1-3-8-20)33(30-23)18-22(34)31-12-14-32(15-13-31)25-27-10-5-11-28-25;25-20-9-4-8-19(16-20)22-28-23(18-6-2-1-3-7-18)32(29-22)17-21(33)30-12-14-31(15-13-30)24-26-10-5-11-27-24/h3-10,15-17H,11-14,18H2,1-2H3;2-12,17H,13-16,18-19H2,1H3;1-11,16H,12-15,18H2;1-11,16H,12-15,17H2. The number of hydrogen-bond donors (Lipinski definition) is 0. The summed E-state index contributed by atoms with van der Waals surface area (Å²) in [6.07, 6.45) is 13.8. The van der Waals surface area contributed by atoms with Crippen molar-refractivity contribution in [2.24, 2.45) is 0 Å². The Morgan fingerprint density at radius 3 is 0.870 bits per heavy atom. The lowest BCUT2D eigenvalue weighted by atomic mass is 10.1. The van der Waals surface area contributed by atoms with Crippen LogP contribution in [0.4, 0.5) is 28.2 Å². The number of hydrogen-bond acceptors (Lipinski definition) is 28. The Morgan fingerprint density at radius 2 is 0.580 bits per heavy atom. The largest absolute Gasteiger partial charge is 0.497 e. The Hall–Kier alpha value is -17.3. The molecule has 0 bridgehead atoms. The molecule has 16 aromatic rings. The van der Waals surface area contributed by atoms with Gasteiger partial charge in [-0.3, -0.25) is 19.2 Å². The summed E-state index contributed by atoms with van der Waals surface area (Å²) in [6.45, 7) is 11.0. The number of nitriles is 1. The third kappa shape index (κ3) is 23.3. The number of aromatic nitrogens is 20. The minimum atomic E-state index is -0.360. The quantitative estimate of drug-likeness (QED) is 0.0542. The molecule has 0 spiro atoms. The van der Waals surface area contributed by atoms with Crippen molar-refractivity contribution >= 4 is 47.4 Å². The van der Waals surface area contributed by atoms with Gasteiger partial charge >= 0.3 is 0 Å². The fourth-order valence-electron chi connectivity index (χ4n) is 16.1. The van der Waals surface area contributed by atoms with E-state index in [1.54, 1.807) is 150 Å². The van der Waals surface area contributed by atoms with Gasteiger partial charge in [-0.1, -0.05) is 164 Å². The molecule has 0 radical (unpaired) electrons. The number of carbonyl (C=O) groups excluding carboxylic acids is 4. The second kappa shape index (κ2) is 45.0. The average molecular weight is 1850 g/mol. The number of benzene rings is 8. The summed E-state index contributed by atoms with van der Waals surface area (Å²) in [5.41, 5.74) is 8.01. The zero-order chi connectivity index (χ0) is 94.9. The van der Waals surface area contributed by atoms with Gasteiger partial charge in [-0.25, -0.2) is 82.9 Å². The number of nitrogens with zero attached hydrogens (tertiary/aromatic N) is 29. The number of anilines is 4. The molecule has 0 N–H and O–H groups in total. The highest BCUT2D eigenvalue weighted by molar-refractivity contribution is 5.80. The minimum absolute atomic E-state index is 0.0134. The highest BCUT2D eigenvalue weighted by Gasteiger charge is 2.31. The molecule has 138 heavy (non-hydrogen) atoms. The summed E-state index contributed by atoms with van der Waals surface area (Å²) in [5, 5.41) is 27.9. The van der Waals surface area contributed by atoms with Gasteiger partial charge < -0.3 is 53.4 Å². The van der Waals surface area contributed by atoms with Crippen LogP contribution in [0.15, 0.2) is 286 Å². The second-order valence-corrected chi connectivity index (χ2v) is 32.2. The van der Waals surface area contributed by atoms with Crippen LogP contribution in [-0.4, -0.2) is 268 Å². The summed E-state index contributed by atoms with van der Waals surface area (Å²) in [6, 6.07) is 74.9. The minimum Gasteiger partial charge on any atom is -0.497 e. The van der Waals surface area contributed by atoms with Crippen LogP contribution in [-0.2, 0) is 56.7 Å². The molecule has 0 atom stereocenters. The normalized spacial score (nSPS) is 13.6. The summed E-state index contributed by atoms with van der Waals surface area (Å²) in [4.78, 5) is 122. The molecule has 12 heterocycles. The first-order valence-corrected chi connectivity index (χ1v) is 45.0. The summed E-state index contributed by atoms with van der Waals surface area (Å²) < 4.78 is 36.5. The van der Waals surface area contributed by atoms with Gasteiger partial charge in [0.05, 0.1) is 32.5 Å². The molecule has 4 amide bonds. The number of amides is 4. The van der Waals surface area contributed by atoms with E-state index in [4.69, 9.17) is 39.4 Å². The molecule has 696 valence electrons. The molecule has 8 aromatic heterocycles. The Kier molecular flexibility index (Phi) is 30.1. The average Bonchev–Trinajstić information content (AvgIpc) is 1.67. The summed E-state index contributed by atoms with van der Waals surface area (Å²) in [5.74, 6) is 8.00. The molecule has 4 fully saturated rings. The maximum Gasteiger partial charge on any atom is 0.244 e. The van der Waals surface area contributed by atoms with Crippen molar-refractivity contribution in [1.29, 1.82) is 5.26 Å². The van der Waals surface area contributed by atoms with E-state index in [9.17, 15) is 28.8 Å². The first kappa shape index (κ1) is 92.5. The maximum atomic E-state index is 13.8. The molecule has 4 aliphatic heterocycles. The lowest BCUT2D eigenvalue weighted by Crippen LogP contribution is -2.50. The van der Waals surface area contributed by atoms with Gasteiger partial charge in [0, 0.05) is 212 Å². The lowest BCUT2D eigenvalue weighted by Gasteiger charge is -2.34. The maximum absolute atomic E-state index is 13.8. The van der Waals surface area contributed by atoms with Crippen LogP contribution in [0.2, 0.25) is 0 Å². The van der Waals surface area contributed by atoms with Gasteiger partial charge in [0.1, 0.15) is 43.5 Å². The molecule has 0 unspecified atom stereocenters. The second-order valence-electron chi connectivity index (χ2n) is 32.2. The first-order valence-electron chi connectivity index (χ1n) is 45.0. The number of rotatable bonds is 24. The summed E-state index contributed by atoms with van der Waals surface area (Å²) >= 11 is 0. The highest BCUT2D eigenvalue weighted by Crippen LogP contribution is 2.33. The Bertz CT molecular complexity index is 6760. The number of piperazine rings is 4. The number of carbonyl (C=O) groups is 4. The van der Waals surface area contributed by atoms with Crippen molar-refractivity contribution in [2.45, 2.75) is 32.8 Å². The van der Waals surface area contributed by atoms with E-state index in [-0.39, 0.29) is 55.6 Å². The Labute approximate surface area is 795 Å². The molecule has 4 aliphatic rings. The van der Waals surface area contributed by atoms with E-state index < -0.39 is 0 Å². The van der Waals surface area contributed by atoms with Gasteiger partial charge in [0.15, 0.2) is 46.6 Å². The van der Waals surface area contributed by atoms with Crippen LogP contribution in [0, 0.1) is 17.1 Å². The fraction of sp³-hybridized carbons (Fsp3) is 0.238. The molecule has 37 heteroatoms. The predicted molar refractivity (Wildman–Crippen MR) is 515 cm³/mol. The van der Waals surface area contributed by atoms with E-state index >= 15 is 0 Å². The van der Waals surface area contributed by atoms with E-state index in [0.29, 0.717) is 204 Å². The van der Waals surface area contributed by atoms with E-state index in [0.717, 1.165) is 44.5 Å². The van der Waals surface area contributed by atoms with Crippen LogP contribution in [0.25, 0.3) is 91.1 Å². The van der Waals surface area contributed by atoms with Gasteiger partial charge in [-0.05, 0) is 72.3 Å². The zero-order valence-electron chi connectivity index (χ0n) is 76.2. The molecular formula is C101H98FN29O7. The van der Waals surface area contributed by atoms with Crippen molar-refractivity contribution in [3.8, 4) is 109 Å². The molecule has 0 aliphatic carbocycles. The molecule has 0 saturated carbocycles. The van der Waals surface area contributed by atoms with Gasteiger partial charge in [-0.15, -0.1) is 20.4 Å². The number of methoxy groups -OCH3 is 3.